The van der Waals surface area contributed by atoms with E-state index >= 15 is 0 Å². The minimum atomic E-state index is -0.0665. The minimum Gasteiger partial charge on any atom is -0.376 e. The van der Waals surface area contributed by atoms with Gasteiger partial charge in [0.05, 0.1) is 12.1 Å². The van der Waals surface area contributed by atoms with Gasteiger partial charge in [-0.1, -0.05) is 31.4 Å². The van der Waals surface area contributed by atoms with E-state index in [0.29, 0.717) is 23.2 Å². The Bertz CT molecular complexity index is 578. The molecule has 2 amide bonds. The van der Waals surface area contributed by atoms with Gasteiger partial charge in [-0.3, -0.25) is 9.59 Å². The van der Waals surface area contributed by atoms with Crippen molar-refractivity contribution in [2.24, 2.45) is 5.92 Å². The number of benzene rings is 1. The normalized spacial score (nSPS) is 18.0. The van der Waals surface area contributed by atoms with Crippen LogP contribution in [-0.4, -0.2) is 30.9 Å². The molecule has 1 aromatic rings. The lowest BCUT2D eigenvalue weighted by Crippen LogP contribution is -2.34. The molecule has 130 valence electrons. The van der Waals surface area contributed by atoms with Gasteiger partial charge in [0, 0.05) is 18.3 Å². The molecular weight excluding hydrogens is 302 g/mol. The Morgan fingerprint density at radius 2 is 1.75 bits per heavy atom. The Balaban J connectivity index is 1.46. The van der Waals surface area contributed by atoms with Gasteiger partial charge in [-0.05, 0) is 43.7 Å². The molecule has 2 aliphatic rings. The molecule has 3 N–H and O–H groups in total. The zero-order valence-corrected chi connectivity index (χ0v) is 14.1. The highest BCUT2D eigenvalue weighted by atomic mass is 16.2. The Labute approximate surface area is 143 Å². The smallest absolute Gasteiger partial charge is 0.253 e. The Kier molecular flexibility index (Phi) is 5.72. The summed E-state index contributed by atoms with van der Waals surface area (Å²) in [5.41, 5.74) is 1.31. The molecule has 0 heterocycles. The van der Waals surface area contributed by atoms with Crippen LogP contribution in [0.5, 0.6) is 0 Å². The van der Waals surface area contributed by atoms with Crippen molar-refractivity contribution in [2.45, 2.75) is 51.0 Å². The van der Waals surface area contributed by atoms with Crippen molar-refractivity contribution in [1.82, 2.24) is 10.6 Å². The summed E-state index contributed by atoms with van der Waals surface area (Å²) < 4.78 is 0. The second-order valence-corrected chi connectivity index (χ2v) is 6.95. The van der Waals surface area contributed by atoms with Crippen LogP contribution in [0.3, 0.4) is 0 Å². The first-order valence-electron chi connectivity index (χ1n) is 9.13. The third kappa shape index (κ3) is 4.98. The molecule has 0 atom stereocenters. The van der Waals surface area contributed by atoms with Crippen LogP contribution in [0.25, 0.3) is 0 Å². The first-order valence-corrected chi connectivity index (χ1v) is 9.13. The quantitative estimate of drug-likeness (QED) is 0.720. The molecule has 24 heavy (non-hydrogen) atoms. The highest BCUT2D eigenvalue weighted by Gasteiger charge is 2.24. The predicted molar refractivity (Wildman–Crippen MR) is 95.0 cm³/mol. The zero-order chi connectivity index (χ0) is 16.8. The van der Waals surface area contributed by atoms with Gasteiger partial charge in [-0.25, -0.2) is 0 Å². The van der Waals surface area contributed by atoms with Crippen molar-refractivity contribution in [2.75, 3.05) is 18.4 Å². The van der Waals surface area contributed by atoms with E-state index in [0.717, 1.165) is 19.4 Å². The fourth-order valence-corrected chi connectivity index (χ4v) is 3.21. The van der Waals surface area contributed by atoms with Crippen molar-refractivity contribution in [3.05, 3.63) is 29.8 Å². The highest BCUT2D eigenvalue weighted by molar-refractivity contribution is 6.00. The lowest BCUT2D eigenvalue weighted by Gasteiger charge is -2.21. The van der Waals surface area contributed by atoms with Gasteiger partial charge in [0.25, 0.3) is 5.91 Å². The fourth-order valence-electron chi connectivity index (χ4n) is 3.21. The number of carbonyl (C=O) groups is 2. The molecule has 0 aromatic heterocycles. The highest BCUT2D eigenvalue weighted by Crippen LogP contribution is 2.23. The SMILES string of the molecule is O=C(CNc1ccccc1C(=O)NC1CC1)NCC1CCCCC1. The molecular formula is C19H27N3O2. The lowest BCUT2D eigenvalue weighted by molar-refractivity contribution is -0.119. The molecule has 0 radical (unpaired) electrons. The van der Waals surface area contributed by atoms with Crippen LogP contribution < -0.4 is 16.0 Å². The summed E-state index contributed by atoms with van der Waals surface area (Å²) in [5, 5.41) is 9.10. The van der Waals surface area contributed by atoms with Crippen LogP contribution in [-0.2, 0) is 4.79 Å². The first kappa shape index (κ1) is 16.8. The zero-order valence-electron chi connectivity index (χ0n) is 14.1. The summed E-state index contributed by atoms with van der Waals surface area (Å²) in [6.07, 6.45) is 8.45. The molecule has 1 aromatic carbocycles. The van der Waals surface area contributed by atoms with Crippen molar-refractivity contribution >= 4 is 17.5 Å². The molecule has 3 rings (SSSR count). The van der Waals surface area contributed by atoms with Gasteiger partial charge >= 0.3 is 0 Å². The van der Waals surface area contributed by atoms with E-state index in [1.54, 1.807) is 6.07 Å². The molecule has 5 heteroatoms. The maximum Gasteiger partial charge on any atom is 0.253 e. The maximum absolute atomic E-state index is 12.2. The van der Waals surface area contributed by atoms with E-state index in [1.165, 1.54) is 32.1 Å². The predicted octanol–water partition coefficient (Wildman–Crippen LogP) is 2.69. The maximum atomic E-state index is 12.2. The molecule has 0 bridgehead atoms. The first-order chi connectivity index (χ1) is 11.7. The number of nitrogens with one attached hydrogen (secondary N) is 3. The lowest BCUT2D eigenvalue weighted by atomic mass is 9.89. The number of anilines is 1. The third-order valence-corrected chi connectivity index (χ3v) is 4.84. The Morgan fingerprint density at radius 3 is 2.50 bits per heavy atom. The monoisotopic (exact) mass is 329 g/mol. The molecule has 2 saturated carbocycles. The Morgan fingerprint density at radius 1 is 1.00 bits per heavy atom. The average molecular weight is 329 g/mol. The number of hydrogen-bond donors (Lipinski definition) is 3. The van der Waals surface area contributed by atoms with Crippen LogP contribution in [0.2, 0.25) is 0 Å². The molecule has 0 spiro atoms. The molecule has 2 aliphatic carbocycles. The van der Waals surface area contributed by atoms with E-state index in [4.69, 9.17) is 0 Å². The van der Waals surface area contributed by atoms with E-state index in [1.807, 2.05) is 18.2 Å². The van der Waals surface area contributed by atoms with Gasteiger partial charge in [-0.2, -0.15) is 0 Å². The number of amides is 2. The minimum absolute atomic E-state index is 0.0158. The van der Waals surface area contributed by atoms with Crippen molar-refractivity contribution in [3.8, 4) is 0 Å². The van der Waals surface area contributed by atoms with Gasteiger partial charge in [-0.15, -0.1) is 0 Å². The summed E-state index contributed by atoms with van der Waals surface area (Å²) in [6.45, 7) is 0.963. The Hall–Kier alpha value is -2.04. The standard InChI is InChI=1S/C19H27N3O2/c23-18(21-12-14-6-2-1-3-7-14)13-20-17-9-5-4-8-16(17)19(24)22-15-10-11-15/h4-5,8-9,14-15,20H,1-3,6-7,10-13H2,(H,21,23)(H,22,24). The van der Waals surface area contributed by atoms with Crippen molar-refractivity contribution in [3.63, 3.8) is 0 Å². The molecule has 0 saturated heterocycles. The number of para-hydroxylation sites is 1. The van der Waals surface area contributed by atoms with Crippen LogP contribution in [0.1, 0.15) is 55.3 Å². The largest absolute Gasteiger partial charge is 0.376 e. The van der Waals surface area contributed by atoms with E-state index in [2.05, 4.69) is 16.0 Å². The van der Waals surface area contributed by atoms with Gasteiger partial charge in [0.2, 0.25) is 5.91 Å². The third-order valence-electron chi connectivity index (χ3n) is 4.84. The number of carbonyl (C=O) groups excluding carboxylic acids is 2. The number of rotatable bonds is 7. The summed E-state index contributed by atoms with van der Waals surface area (Å²) in [5.74, 6) is 0.542. The topological polar surface area (TPSA) is 70.2 Å². The van der Waals surface area contributed by atoms with E-state index in [9.17, 15) is 9.59 Å². The van der Waals surface area contributed by atoms with Gasteiger partial charge in [0.1, 0.15) is 0 Å². The fraction of sp³-hybridized carbons (Fsp3) is 0.579. The van der Waals surface area contributed by atoms with Gasteiger partial charge < -0.3 is 16.0 Å². The van der Waals surface area contributed by atoms with E-state index in [-0.39, 0.29) is 18.4 Å². The number of hydrogen-bond acceptors (Lipinski definition) is 3. The van der Waals surface area contributed by atoms with Crippen LogP contribution >= 0.6 is 0 Å². The molecule has 5 nitrogen and oxygen atoms in total. The van der Waals surface area contributed by atoms with Crippen molar-refractivity contribution in [1.29, 1.82) is 0 Å². The summed E-state index contributed by atoms with van der Waals surface area (Å²) in [6, 6.07) is 7.67. The molecule has 0 aliphatic heterocycles. The molecule has 0 unspecified atom stereocenters. The van der Waals surface area contributed by atoms with Crippen LogP contribution in [0, 0.1) is 5.92 Å². The summed E-state index contributed by atoms with van der Waals surface area (Å²) >= 11 is 0. The second-order valence-electron chi connectivity index (χ2n) is 6.95. The summed E-state index contributed by atoms with van der Waals surface area (Å²) in [4.78, 5) is 24.3. The second kappa shape index (κ2) is 8.18. The average Bonchev–Trinajstić information content (AvgIpc) is 3.43. The molecule has 2 fully saturated rings. The van der Waals surface area contributed by atoms with E-state index < -0.39 is 0 Å². The van der Waals surface area contributed by atoms with Crippen LogP contribution in [0.15, 0.2) is 24.3 Å². The van der Waals surface area contributed by atoms with Gasteiger partial charge in [0.15, 0.2) is 0 Å². The summed E-state index contributed by atoms with van der Waals surface area (Å²) in [7, 11) is 0. The van der Waals surface area contributed by atoms with Crippen molar-refractivity contribution < 1.29 is 9.59 Å². The van der Waals surface area contributed by atoms with Crippen LogP contribution in [0.4, 0.5) is 5.69 Å².